The fourth-order valence-corrected chi connectivity index (χ4v) is 4.66. The molecule has 2 saturated carbocycles. The summed E-state index contributed by atoms with van der Waals surface area (Å²) in [6.45, 7) is 2.32. The van der Waals surface area contributed by atoms with Gasteiger partial charge in [-0.1, -0.05) is 67.8 Å². The number of halogens is 1. The van der Waals surface area contributed by atoms with Gasteiger partial charge in [0.15, 0.2) is 0 Å². The van der Waals surface area contributed by atoms with E-state index in [9.17, 15) is 4.79 Å². The molecule has 0 spiro atoms. The van der Waals surface area contributed by atoms with Gasteiger partial charge >= 0.3 is 0 Å². The Kier molecular flexibility index (Phi) is 6.38. The highest BCUT2D eigenvalue weighted by atomic mass is 79.9. The van der Waals surface area contributed by atoms with Gasteiger partial charge in [0.1, 0.15) is 0 Å². The molecule has 116 valence electrons. The van der Waals surface area contributed by atoms with Crippen molar-refractivity contribution in [3.05, 3.63) is 0 Å². The molecule has 0 saturated heterocycles. The zero-order chi connectivity index (χ0) is 14.4. The molecule has 0 aromatic rings. The lowest BCUT2D eigenvalue weighted by atomic mass is 9.77. The highest BCUT2D eigenvalue weighted by Gasteiger charge is 2.36. The third kappa shape index (κ3) is 4.47. The average Bonchev–Trinajstić information content (AvgIpc) is 2.38. The Labute approximate surface area is 132 Å². The molecule has 2 fully saturated rings. The fraction of sp³-hybridized carbons (Fsp3) is 0.941. The summed E-state index contributed by atoms with van der Waals surface area (Å²) in [5.74, 6) is 1.34. The van der Waals surface area contributed by atoms with E-state index >= 15 is 0 Å². The van der Waals surface area contributed by atoms with E-state index in [1.807, 2.05) is 0 Å². The molecule has 0 heterocycles. The van der Waals surface area contributed by atoms with Gasteiger partial charge in [-0.05, 0) is 31.6 Å². The van der Waals surface area contributed by atoms with Gasteiger partial charge < -0.3 is 5.32 Å². The first kappa shape index (κ1) is 16.3. The van der Waals surface area contributed by atoms with Crippen molar-refractivity contribution in [2.75, 3.05) is 5.33 Å². The smallest absolute Gasteiger partial charge is 0.223 e. The fourth-order valence-electron chi connectivity index (χ4n) is 4.01. The summed E-state index contributed by atoms with van der Waals surface area (Å²) in [7, 11) is 0. The summed E-state index contributed by atoms with van der Waals surface area (Å²) in [6.07, 6.45) is 13.5. The van der Waals surface area contributed by atoms with Crippen LogP contribution in [-0.4, -0.2) is 16.8 Å². The van der Waals surface area contributed by atoms with Crippen LogP contribution < -0.4 is 5.32 Å². The Morgan fingerprint density at radius 3 is 2.35 bits per heavy atom. The lowest BCUT2D eigenvalue weighted by Crippen LogP contribution is -2.54. The van der Waals surface area contributed by atoms with E-state index in [2.05, 4.69) is 28.2 Å². The summed E-state index contributed by atoms with van der Waals surface area (Å²) in [5, 5.41) is 4.35. The minimum absolute atomic E-state index is 0.0249. The molecule has 0 aliphatic heterocycles. The van der Waals surface area contributed by atoms with Crippen molar-refractivity contribution in [1.82, 2.24) is 5.32 Å². The Balaban J connectivity index is 1.93. The Hall–Kier alpha value is -0.0500. The van der Waals surface area contributed by atoms with E-state index in [1.54, 1.807) is 0 Å². The quantitative estimate of drug-likeness (QED) is 0.732. The molecule has 2 atom stereocenters. The van der Waals surface area contributed by atoms with Crippen molar-refractivity contribution in [3.63, 3.8) is 0 Å². The van der Waals surface area contributed by atoms with Crippen molar-refractivity contribution >= 4 is 21.8 Å². The Bertz CT molecular complexity index is 312. The summed E-state index contributed by atoms with van der Waals surface area (Å²) in [5.41, 5.74) is 0.0249. The van der Waals surface area contributed by atoms with Gasteiger partial charge in [-0.3, -0.25) is 4.79 Å². The lowest BCUT2D eigenvalue weighted by Gasteiger charge is -2.40. The van der Waals surface area contributed by atoms with E-state index in [4.69, 9.17) is 0 Å². The monoisotopic (exact) mass is 343 g/mol. The van der Waals surface area contributed by atoms with E-state index in [0.717, 1.165) is 36.9 Å². The number of rotatable bonds is 3. The first-order chi connectivity index (χ1) is 9.65. The van der Waals surface area contributed by atoms with Crippen molar-refractivity contribution < 1.29 is 4.79 Å². The molecule has 2 aliphatic rings. The van der Waals surface area contributed by atoms with Crippen LogP contribution >= 0.6 is 15.9 Å². The Morgan fingerprint density at radius 1 is 1.10 bits per heavy atom. The van der Waals surface area contributed by atoms with Crippen molar-refractivity contribution in [3.8, 4) is 0 Å². The van der Waals surface area contributed by atoms with Gasteiger partial charge in [0, 0.05) is 16.8 Å². The molecule has 2 nitrogen and oxygen atoms in total. The summed E-state index contributed by atoms with van der Waals surface area (Å²) in [6, 6.07) is 0. The number of amides is 1. The van der Waals surface area contributed by atoms with Crippen LogP contribution in [0.4, 0.5) is 0 Å². The average molecular weight is 344 g/mol. The standard InChI is InChI=1S/C17H30BrNO/c1-14-8-7-11-17(12-14,13-18)19-16(20)15-9-5-3-2-4-6-10-15/h14-15H,2-13H2,1H3,(H,19,20). The van der Waals surface area contributed by atoms with Gasteiger partial charge in [0.25, 0.3) is 0 Å². The molecule has 0 radical (unpaired) electrons. The molecule has 2 aliphatic carbocycles. The summed E-state index contributed by atoms with van der Waals surface area (Å²) >= 11 is 3.66. The highest BCUT2D eigenvalue weighted by molar-refractivity contribution is 9.09. The molecule has 1 amide bonds. The molecule has 0 aromatic carbocycles. The van der Waals surface area contributed by atoms with Crippen molar-refractivity contribution in [2.45, 2.75) is 83.1 Å². The second-order valence-corrected chi connectivity index (χ2v) is 7.71. The van der Waals surface area contributed by atoms with Crippen LogP contribution in [0.2, 0.25) is 0 Å². The molecular formula is C17H30BrNO. The zero-order valence-electron chi connectivity index (χ0n) is 12.9. The second-order valence-electron chi connectivity index (χ2n) is 7.15. The van der Waals surface area contributed by atoms with E-state index in [1.165, 1.54) is 44.9 Å². The maximum Gasteiger partial charge on any atom is 0.223 e. The number of hydrogen-bond acceptors (Lipinski definition) is 1. The van der Waals surface area contributed by atoms with Crippen LogP contribution in [0.5, 0.6) is 0 Å². The maximum atomic E-state index is 12.7. The Morgan fingerprint density at radius 2 is 1.75 bits per heavy atom. The molecular weight excluding hydrogens is 314 g/mol. The topological polar surface area (TPSA) is 29.1 Å². The minimum atomic E-state index is 0.0249. The number of alkyl halides is 1. The molecule has 2 unspecified atom stereocenters. The van der Waals surface area contributed by atoms with Crippen LogP contribution in [0.15, 0.2) is 0 Å². The zero-order valence-corrected chi connectivity index (χ0v) is 14.5. The van der Waals surface area contributed by atoms with Crippen LogP contribution in [0, 0.1) is 11.8 Å². The molecule has 0 bridgehead atoms. The third-order valence-electron chi connectivity index (χ3n) is 5.21. The molecule has 20 heavy (non-hydrogen) atoms. The van der Waals surface area contributed by atoms with Gasteiger partial charge in [-0.15, -0.1) is 0 Å². The van der Waals surface area contributed by atoms with Crippen LogP contribution in [0.25, 0.3) is 0 Å². The predicted octanol–water partition coefficient (Wildman–Crippen LogP) is 4.81. The molecule has 3 heteroatoms. The number of nitrogens with one attached hydrogen (secondary N) is 1. The normalized spacial score (nSPS) is 33.2. The maximum absolute atomic E-state index is 12.7. The summed E-state index contributed by atoms with van der Waals surface area (Å²) < 4.78 is 0. The van der Waals surface area contributed by atoms with E-state index < -0.39 is 0 Å². The summed E-state index contributed by atoms with van der Waals surface area (Å²) in [4.78, 5) is 12.7. The number of carbonyl (C=O) groups excluding carboxylic acids is 1. The SMILES string of the molecule is CC1CCCC(CBr)(NC(=O)C2CCCCCCC2)C1. The van der Waals surface area contributed by atoms with Crippen molar-refractivity contribution in [2.24, 2.45) is 11.8 Å². The molecule has 1 N–H and O–H groups in total. The lowest BCUT2D eigenvalue weighted by molar-refractivity contribution is -0.127. The molecule has 0 aromatic heterocycles. The first-order valence-electron chi connectivity index (χ1n) is 8.53. The highest BCUT2D eigenvalue weighted by Crippen LogP contribution is 2.34. The number of hydrogen-bond donors (Lipinski definition) is 1. The number of carbonyl (C=O) groups is 1. The second kappa shape index (κ2) is 7.82. The van der Waals surface area contributed by atoms with Crippen LogP contribution in [0.1, 0.15) is 77.6 Å². The molecule has 2 rings (SSSR count). The van der Waals surface area contributed by atoms with Gasteiger partial charge in [-0.2, -0.15) is 0 Å². The van der Waals surface area contributed by atoms with Crippen LogP contribution in [0.3, 0.4) is 0 Å². The minimum Gasteiger partial charge on any atom is -0.350 e. The predicted molar refractivity (Wildman–Crippen MR) is 88.1 cm³/mol. The van der Waals surface area contributed by atoms with E-state index in [0.29, 0.717) is 5.91 Å². The van der Waals surface area contributed by atoms with Crippen LogP contribution in [-0.2, 0) is 4.79 Å². The van der Waals surface area contributed by atoms with Gasteiger partial charge in [0.2, 0.25) is 5.91 Å². The van der Waals surface area contributed by atoms with Crippen molar-refractivity contribution in [1.29, 1.82) is 0 Å². The van der Waals surface area contributed by atoms with Gasteiger partial charge in [0.05, 0.1) is 0 Å². The van der Waals surface area contributed by atoms with E-state index in [-0.39, 0.29) is 11.5 Å². The van der Waals surface area contributed by atoms with Gasteiger partial charge in [-0.25, -0.2) is 0 Å². The third-order valence-corrected chi connectivity index (χ3v) is 6.28. The largest absolute Gasteiger partial charge is 0.350 e. The first-order valence-corrected chi connectivity index (χ1v) is 9.65.